The Kier molecular flexibility index (Phi) is 3.94. The molecule has 1 aliphatic heterocycles. The number of nitrogens with one attached hydrogen (secondary N) is 1. The molecule has 3 rings (SSSR count). The molecule has 0 aliphatic carbocycles. The van der Waals surface area contributed by atoms with E-state index < -0.39 is 28.6 Å². The third-order valence-corrected chi connectivity index (χ3v) is 4.39. The molecule has 24 heavy (non-hydrogen) atoms. The largest absolute Gasteiger partial charge is 0.375 e. The molecule has 0 bridgehead atoms. The minimum atomic E-state index is -2.13. The van der Waals surface area contributed by atoms with Gasteiger partial charge in [0.05, 0.1) is 11.3 Å². The van der Waals surface area contributed by atoms with Crippen LogP contribution >= 0.6 is 15.9 Å². The van der Waals surface area contributed by atoms with E-state index in [4.69, 9.17) is 0 Å². The highest BCUT2D eigenvalue weighted by molar-refractivity contribution is 9.10. The number of nitro groups is 1. The fourth-order valence-corrected chi connectivity index (χ4v) is 2.86. The summed E-state index contributed by atoms with van der Waals surface area (Å²) in [6.45, 7) is 0. The third-order valence-electron chi connectivity index (χ3n) is 3.87. The number of carbonyl (C=O) groups is 2. The highest BCUT2D eigenvalue weighted by Gasteiger charge is 2.47. The highest BCUT2D eigenvalue weighted by Crippen LogP contribution is 2.40. The molecule has 2 aromatic carbocycles. The van der Waals surface area contributed by atoms with Gasteiger partial charge < -0.3 is 10.4 Å². The van der Waals surface area contributed by atoms with Gasteiger partial charge in [0.25, 0.3) is 11.6 Å². The van der Waals surface area contributed by atoms with Gasteiger partial charge in [-0.05, 0) is 18.2 Å². The molecule has 0 saturated heterocycles. The zero-order valence-electron chi connectivity index (χ0n) is 12.2. The monoisotopic (exact) mass is 390 g/mol. The first-order valence-corrected chi connectivity index (χ1v) is 7.72. The van der Waals surface area contributed by atoms with Crippen molar-refractivity contribution in [1.82, 2.24) is 0 Å². The Balaban J connectivity index is 1.97. The lowest BCUT2D eigenvalue weighted by molar-refractivity contribution is -0.385. The second kappa shape index (κ2) is 5.81. The number of benzene rings is 2. The zero-order valence-corrected chi connectivity index (χ0v) is 13.7. The van der Waals surface area contributed by atoms with Gasteiger partial charge in [0.15, 0.2) is 11.4 Å². The Bertz CT molecular complexity index is 865. The number of rotatable bonds is 4. The molecule has 0 aromatic heterocycles. The fourth-order valence-electron chi connectivity index (χ4n) is 2.59. The third kappa shape index (κ3) is 2.70. The summed E-state index contributed by atoms with van der Waals surface area (Å²) in [6, 6.07) is 10.2. The Morgan fingerprint density at radius 3 is 2.54 bits per heavy atom. The van der Waals surface area contributed by atoms with E-state index in [1.165, 1.54) is 12.1 Å². The summed E-state index contributed by atoms with van der Waals surface area (Å²) >= 11 is 3.26. The maximum atomic E-state index is 12.4. The summed E-state index contributed by atoms with van der Waals surface area (Å²) in [5.41, 5.74) is -1.77. The second-order valence-electron chi connectivity index (χ2n) is 5.41. The van der Waals surface area contributed by atoms with E-state index in [2.05, 4.69) is 21.2 Å². The average Bonchev–Trinajstić information content (AvgIpc) is 2.78. The molecule has 1 aliphatic rings. The van der Waals surface area contributed by atoms with E-state index in [0.29, 0.717) is 5.56 Å². The first kappa shape index (κ1) is 16.3. The highest BCUT2D eigenvalue weighted by atomic mass is 79.9. The minimum Gasteiger partial charge on any atom is -0.375 e. The number of Topliss-reactive ketones (excluding diaryl/α,β-unsaturated/α-hetero) is 1. The van der Waals surface area contributed by atoms with Crippen molar-refractivity contribution in [2.75, 3.05) is 5.32 Å². The topological polar surface area (TPSA) is 110 Å². The number of non-ortho nitro benzene ring substituents is 1. The lowest BCUT2D eigenvalue weighted by Crippen LogP contribution is -2.36. The SMILES string of the molecule is O=C(C[C@]1(O)C(=O)Nc2ccc([N+](=O)[O-])cc21)c1ccc(Br)cc1. The number of halogens is 1. The summed E-state index contributed by atoms with van der Waals surface area (Å²) in [7, 11) is 0. The molecule has 0 spiro atoms. The van der Waals surface area contributed by atoms with Gasteiger partial charge in [-0.3, -0.25) is 19.7 Å². The Hall–Kier alpha value is -2.58. The first-order chi connectivity index (χ1) is 11.3. The summed E-state index contributed by atoms with van der Waals surface area (Å²) in [5, 5.41) is 24.1. The Labute approximate surface area is 144 Å². The average molecular weight is 391 g/mol. The molecule has 7 nitrogen and oxygen atoms in total. The zero-order chi connectivity index (χ0) is 17.5. The summed E-state index contributed by atoms with van der Waals surface area (Å²) < 4.78 is 0.789. The molecule has 122 valence electrons. The number of nitrogens with zero attached hydrogens (tertiary/aromatic N) is 1. The van der Waals surface area contributed by atoms with E-state index >= 15 is 0 Å². The van der Waals surface area contributed by atoms with Crippen molar-refractivity contribution in [3.05, 3.63) is 68.2 Å². The van der Waals surface area contributed by atoms with E-state index in [-0.39, 0.29) is 16.9 Å². The lowest BCUT2D eigenvalue weighted by Gasteiger charge is -2.19. The number of nitro benzene ring substituents is 1. The molecule has 2 N–H and O–H groups in total. The van der Waals surface area contributed by atoms with Crippen LogP contribution in [0.15, 0.2) is 46.9 Å². The Morgan fingerprint density at radius 1 is 1.25 bits per heavy atom. The maximum Gasteiger partial charge on any atom is 0.269 e. The molecule has 1 heterocycles. The maximum absolute atomic E-state index is 12.4. The lowest BCUT2D eigenvalue weighted by atomic mass is 9.88. The van der Waals surface area contributed by atoms with E-state index in [9.17, 15) is 24.8 Å². The van der Waals surface area contributed by atoms with Crippen LogP contribution in [0.2, 0.25) is 0 Å². The van der Waals surface area contributed by atoms with Gasteiger partial charge >= 0.3 is 0 Å². The number of aliphatic hydroxyl groups is 1. The van der Waals surface area contributed by atoms with Crippen molar-refractivity contribution in [3.63, 3.8) is 0 Å². The van der Waals surface area contributed by atoms with Crippen molar-refractivity contribution >= 4 is 39.0 Å². The molecule has 0 radical (unpaired) electrons. The van der Waals surface area contributed by atoms with Crippen LogP contribution in [0.25, 0.3) is 0 Å². The van der Waals surface area contributed by atoms with Gasteiger partial charge in [0.1, 0.15) is 0 Å². The molecule has 0 unspecified atom stereocenters. The van der Waals surface area contributed by atoms with Gasteiger partial charge in [-0.25, -0.2) is 0 Å². The minimum absolute atomic E-state index is 0.0344. The second-order valence-corrected chi connectivity index (χ2v) is 6.32. The normalized spacial score (nSPS) is 18.8. The molecule has 2 aromatic rings. The van der Waals surface area contributed by atoms with Gasteiger partial charge in [-0.2, -0.15) is 0 Å². The van der Waals surface area contributed by atoms with Gasteiger partial charge in [0, 0.05) is 33.4 Å². The van der Waals surface area contributed by atoms with Crippen LogP contribution in [0.1, 0.15) is 22.3 Å². The summed E-state index contributed by atoms with van der Waals surface area (Å²) in [4.78, 5) is 34.9. The fraction of sp³-hybridized carbons (Fsp3) is 0.125. The number of ketones is 1. The number of anilines is 1. The molecular weight excluding hydrogens is 380 g/mol. The number of amides is 1. The van der Waals surface area contributed by atoms with Crippen molar-refractivity contribution in [1.29, 1.82) is 0 Å². The van der Waals surface area contributed by atoms with Crippen LogP contribution in [-0.2, 0) is 10.4 Å². The van der Waals surface area contributed by atoms with Gasteiger partial charge in [0.2, 0.25) is 0 Å². The predicted molar refractivity (Wildman–Crippen MR) is 88.7 cm³/mol. The van der Waals surface area contributed by atoms with Crippen molar-refractivity contribution in [2.45, 2.75) is 12.0 Å². The smallest absolute Gasteiger partial charge is 0.269 e. The van der Waals surface area contributed by atoms with Crippen LogP contribution < -0.4 is 5.32 Å². The molecule has 0 fully saturated rings. The van der Waals surface area contributed by atoms with E-state index in [1.807, 2.05) is 0 Å². The summed E-state index contributed by atoms with van der Waals surface area (Å²) in [6.07, 6.45) is -0.505. The van der Waals surface area contributed by atoms with Crippen LogP contribution in [0.5, 0.6) is 0 Å². The predicted octanol–water partition coefficient (Wildman–Crippen LogP) is 2.77. The van der Waals surface area contributed by atoms with Gasteiger partial charge in [-0.15, -0.1) is 0 Å². The van der Waals surface area contributed by atoms with E-state index in [1.54, 1.807) is 24.3 Å². The molecule has 1 atom stereocenters. The van der Waals surface area contributed by atoms with Crippen molar-refractivity contribution < 1.29 is 19.6 Å². The summed E-state index contributed by atoms with van der Waals surface area (Å²) in [5.74, 6) is -1.22. The van der Waals surface area contributed by atoms with Crippen LogP contribution in [0.4, 0.5) is 11.4 Å². The van der Waals surface area contributed by atoms with Crippen LogP contribution in [0, 0.1) is 10.1 Å². The van der Waals surface area contributed by atoms with E-state index in [0.717, 1.165) is 10.5 Å². The number of fused-ring (bicyclic) bond motifs is 1. The van der Waals surface area contributed by atoms with Crippen molar-refractivity contribution in [2.24, 2.45) is 0 Å². The first-order valence-electron chi connectivity index (χ1n) is 6.93. The number of hydrogen-bond donors (Lipinski definition) is 2. The quantitative estimate of drug-likeness (QED) is 0.473. The van der Waals surface area contributed by atoms with Gasteiger partial charge in [-0.1, -0.05) is 28.1 Å². The Morgan fingerprint density at radius 2 is 1.92 bits per heavy atom. The molecule has 1 amide bonds. The molecule has 8 heteroatoms. The van der Waals surface area contributed by atoms with Crippen LogP contribution in [0.3, 0.4) is 0 Å². The van der Waals surface area contributed by atoms with Crippen LogP contribution in [-0.4, -0.2) is 21.7 Å². The molecular formula is C16H11BrN2O5. The number of carbonyl (C=O) groups excluding carboxylic acids is 2. The standard InChI is InChI=1S/C16H11BrN2O5/c17-10-3-1-9(2-4-10)14(20)8-16(22)12-7-11(19(23)24)5-6-13(12)18-15(16)21/h1-7,22H,8H2,(H,18,21)/t16-/m1/s1. The molecule has 0 saturated carbocycles. The van der Waals surface area contributed by atoms with Crippen molar-refractivity contribution in [3.8, 4) is 0 Å². The number of hydrogen-bond acceptors (Lipinski definition) is 5.